The maximum atomic E-state index is 5.31. The molecule has 300 valence electrons. The summed E-state index contributed by atoms with van der Waals surface area (Å²) < 4.78 is 9.84. The molecule has 14 rings (SSSR count). The Labute approximate surface area is 368 Å². The lowest BCUT2D eigenvalue weighted by Gasteiger charge is -2.14. The van der Waals surface area contributed by atoms with E-state index in [4.69, 9.17) is 4.98 Å². The Morgan fingerprint density at radius 2 is 0.922 bits per heavy atom. The number of aryl methyl sites for hydroxylation is 1. The molecule has 0 fully saturated rings. The van der Waals surface area contributed by atoms with Gasteiger partial charge in [0.15, 0.2) is 0 Å². The number of nitrogens with zero attached hydrogens (tertiary/aromatic N) is 5. The minimum Gasteiger partial charge on any atom is -0.309 e. The summed E-state index contributed by atoms with van der Waals surface area (Å²) in [5, 5.41) is 8.78. The largest absolute Gasteiger partial charge is 0.309 e. The highest BCUT2D eigenvalue weighted by atomic mass is 15.1. The first kappa shape index (κ1) is 35.2. The molecule has 5 aromatic heterocycles. The summed E-state index contributed by atoms with van der Waals surface area (Å²) in [6, 6.07) is 72.8. The number of para-hydroxylation sites is 4. The molecule has 1 aliphatic carbocycles. The summed E-state index contributed by atoms with van der Waals surface area (Å²) in [7, 11) is 0. The van der Waals surface area contributed by atoms with Crippen molar-refractivity contribution in [3.05, 3.63) is 218 Å². The van der Waals surface area contributed by atoms with Crippen LogP contribution < -0.4 is 0 Å². The molecule has 0 bridgehead atoms. The number of fused-ring (bicyclic) bond motifs is 14. The number of allylic oxidation sites excluding steroid dienone is 1. The van der Waals surface area contributed by atoms with E-state index < -0.39 is 0 Å². The predicted octanol–water partition coefficient (Wildman–Crippen LogP) is 14.9. The highest BCUT2D eigenvalue weighted by molar-refractivity contribution is 6.26. The van der Waals surface area contributed by atoms with Crippen LogP contribution in [-0.4, -0.2) is 23.3 Å². The van der Waals surface area contributed by atoms with Crippen LogP contribution in [0.25, 0.3) is 117 Å². The topological polar surface area (TPSA) is 32.6 Å². The molecule has 5 nitrogen and oxygen atoms in total. The summed E-state index contributed by atoms with van der Waals surface area (Å²) >= 11 is 0. The number of benzene rings is 8. The zero-order valence-electron chi connectivity index (χ0n) is 34.9. The van der Waals surface area contributed by atoms with Gasteiger partial charge in [0.05, 0.1) is 50.0 Å². The van der Waals surface area contributed by atoms with Crippen molar-refractivity contribution in [3.63, 3.8) is 0 Å². The van der Waals surface area contributed by atoms with Crippen LogP contribution in [0.4, 0.5) is 0 Å². The molecule has 5 heteroatoms. The molecule has 0 spiro atoms. The molecule has 0 saturated carbocycles. The Morgan fingerprint density at radius 1 is 0.375 bits per heavy atom. The van der Waals surface area contributed by atoms with Crippen LogP contribution in [0.3, 0.4) is 0 Å². The molecule has 1 aliphatic rings. The summed E-state index contributed by atoms with van der Waals surface area (Å²) in [4.78, 5) is 5.31. The van der Waals surface area contributed by atoms with E-state index in [2.05, 4.69) is 231 Å². The lowest BCUT2D eigenvalue weighted by atomic mass is 9.99. The molecule has 8 aromatic carbocycles. The fraction of sp³-hybridized carbons (Fsp3) is 0.0339. The number of pyridine rings is 1. The van der Waals surface area contributed by atoms with E-state index in [1.165, 1.54) is 87.6 Å². The highest BCUT2D eigenvalue weighted by Crippen LogP contribution is 2.45. The first-order valence-electron chi connectivity index (χ1n) is 22.2. The molecule has 0 radical (unpaired) electrons. The van der Waals surface area contributed by atoms with Crippen molar-refractivity contribution in [3.8, 4) is 34.1 Å². The van der Waals surface area contributed by atoms with Crippen LogP contribution >= 0.6 is 0 Å². The second kappa shape index (κ2) is 13.5. The van der Waals surface area contributed by atoms with E-state index in [-0.39, 0.29) is 0 Å². The molecule has 64 heavy (non-hydrogen) atoms. The second-order valence-corrected chi connectivity index (χ2v) is 17.0. The van der Waals surface area contributed by atoms with Gasteiger partial charge in [0.2, 0.25) is 0 Å². The van der Waals surface area contributed by atoms with E-state index in [1.807, 2.05) is 0 Å². The maximum Gasteiger partial charge on any atom is 0.138 e. The second-order valence-electron chi connectivity index (χ2n) is 17.0. The van der Waals surface area contributed by atoms with E-state index >= 15 is 0 Å². The smallest absolute Gasteiger partial charge is 0.138 e. The first-order valence-corrected chi connectivity index (χ1v) is 22.2. The molecule has 0 unspecified atom stereocenters. The van der Waals surface area contributed by atoms with Crippen molar-refractivity contribution in [1.29, 1.82) is 0 Å². The zero-order valence-corrected chi connectivity index (χ0v) is 34.9. The van der Waals surface area contributed by atoms with Gasteiger partial charge in [-0.3, -0.25) is 4.57 Å². The van der Waals surface area contributed by atoms with Crippen LogP contribution in [0.2, 0.25) is 0 Å². The molecular weight excluding hydrogens is 779 g/mol. The number of rotatable bonds is 5. The highest BCUT2D eigenvalue weighted by Gasteiger charge is 2.26. The molecule has 13 aromatic rings. The fourth-order valence-electron chi connectivity index (χ4n) is 11.0. The van der Waals surface area contributed by atoms with E-state index in [0.717, 1.165) is 47.0 Å². The molecule has 0 N–H and O–H groups in total. The number of hydrogen-bond acceptors (Lipinski definition) is 1. The Bertz CT molecular complexity index is 4060. The van der Waals surface area contributed by atoms with Crippen molar-refractivity contribution in [2.45, 2.75) is 12.8 Å². The fourth-order valence-corrected chi connectivity index (χ4v) is 11.0. The van der Waals surface area contributed by atoms with Gasteiger partial charge in [-0.1, -0.05) is 133 Å². The van der Waals surface area contributed by atoms with Gasteiger partial charge < -0.3 is 13.7 Å². The van der Waals surface area contributed by atoms with Crippen molar-refractivity contribution in [2.75, 3.05) is 0 Å². The normalized spacial score (nSPS) is 12.8. The minimum absolute atomic E-state index is 0.926. The van der Waals surface area contributed by atoms with Gasteiger partial charge in [0, 0.05) is 60.3 Å². The Morgan fingerprint density at radius 3 is 1.64 bits per heavy atom. The predicted molar refractivity (Wildman–Crippen MR) is 267 cm³/mol. The quantitative estimate of drug-likeness (QED) is 0.170. The average Bonchev–Trinajstić information content (AvgIpc) is 4.09. The van der Waals surface area contributed by atoms with Crippen molar-refractivity contribution < 1.29 is 0 Å². The third kappa shape index (κ3) is 4.92. The lowest BCUT2D eigenvalue weighted by Crippen LogP contribution is -2.03. The van der Waals surface area contributed by atoms with Crippen LogP contribution in [0.5, 0.6) is 0 Å². The van der Waals surface area contributed by atoms with Gasteiger partial charge in [0.25, 0.3) is 0 Å². The summed E-state index contributed by atoms with van der Waals surface area (Å²) in [5.41, 5.74) is 16.4. The van der Waals surface area contributed by atoms with Crippen LogP contribution in [0.15, 0.2) is 206 Å². The van der Waals surface area contributed by atoms with E-state index in [1.54, 1.807) is 0 Å². The van der Waals surface area contributed by atoms with E-state index in [9.17, 15) is 0 Å². The summed E-state index contributed by atoms with van der Waals surface area (Å²) in [6.45, 7) is 0. The number of hydrogen-bond donors (Lipinski definition) is 0. The molecule has 0 aliphatic heterocycles. The summed E-state index contributed by atoms with van der Waals surface area (Å²) in [6.07, 6.45) is 6.59. The van der Waals surface area contributed by atoms with Crippen LogP contribution in [0.1, 0.15) is 17.7 Å². The number of aromatic nitrogens is 5. The van der Waals surface area contributed by atoms with Crippen molar-refractivity contribution in [1.82, 2.24) is 23.3 Å². The lowest BCUT2D eigenvalue weighted by molar-refractivity contribution is 0.953. The standard InChI is InChI=1S/C59H39N5/c1-3-17-38(18-4-1)48-27-16-32-55(60-48)64-52-31-14-10-26-47(52)57-54(64)36-34-45-43-24-8-12-29-50(43)63(59(45)57)41-22-15-21-40(37-41)61-51-30-13-9-25-46(51)56-53(61)35-33-44-42-23-7-11-28-49(42)62(58(44)56)39-19-5-2-6-20-39/h1-9,11-25,27-37H,10,26H2. The van der Waals surface area contributed by atoms with Gasteiger partial charge in [-0.15, -0.1) is 0 Å². The van der Waals surface area contributed by atoms with Gasteiger partial charge in [-0.25, -0.2) is 4.98 Å². The first-order chi connectivity index (χ1) is 31.8. The third-order valence-electron chi connectivity index (χ3n) is 13.6. The maximum absolute atomic E-state index is 5.31. The molecular formula is C59H39N5. The Balaban J connectivity index is 1.04. The van der Waals surface area contributed by atoms with Gasteiger partial charge in [0.1, 0.15) is 5.82 Å². The average molecular weight is 818 g/mol. The van der Waals surface area contributed by atoms with Crippen LogP contribution in [0, 0.1) is 0 Å². The van der Waals surface area contributed by atoms with E-state index in [0.29, 0.717) is 0 Å². The van der Waals surface area contributed by atoms with Crippen LogP contribution in [-0.2, 0) is 6.42 Å². The Hall–Kier alpha value is -8.41. The summed E-state index contributed by atoms with van der Waals surface area (Å²) in [5.74, 6) is 0.926. The monoisotopic (exact) mass is 817 g/mol. The van der Waals surface area contributed by atoms with Crippen molar-refractivity contribution >= 4 is 82.4 Å². The van der Waals surface area contributed by atoms with Crippen molar-refractivity contribution in [2.24, 2.45) is 0 Å². The van der Waals surface area contributed by atoms with Gasteiger partial charge in [-0.05, 0) is 97.3 Å². The van der Waals surface area contributed by atoms with Gasteiger partial charge >= 0.3 is 0 Å². The zero-order chi connectivity index (χ0) is 41.9. The molecule has 0 atom stereocenters. The molecule has 0 amide bonds. The molecule has 0 saturated heterocycles. The third-order valence-corrected chi connectivity index (χ3v) is 13.6. The Kier molecular flexibility index (Phi) is 7.45. The SMILES string of the molecule is C1=Cc2c(c3c(ccc4c5ccccc5n(-c5cccc(-n6c7ccccc7c7c6ccc6c8ccccc8n(-c8ccccc8)c67)c5)c43)n2-c2cccc(-c3ccccc3)n2)CC1. The minimum atomic E-state index is 0.926. The molecule has 5 heterocycles. The van der Waals surface area contributed by atoms with Gasteiger partial charge in [-0.2, -0.15) is 0 Å².